The van der Waals surface area contributed by atoms with E-state index >= 15 is 0 Å². The lowest BCUT2D eigenvalue weighted by Gasteiger charge is -2.36. The number of piperazine rings is 1. The van der Waals surface area contributed by atoms with E-state index in [9.17, 15) is 14.9 Å². The smallest absolute Gasteiger partial charge is 0.269 e. The molecule has 4 aromatic rings. The van der Waals surface area contributed by atoms with Gasteiger partial charge in [0.25, 0.3) is 11.6 Å². The number of thiophene rings is 1. The van der Waals surface area contributed by atoms with Gasteiger partial charge >= 0.3 is 0 Å². The summed E-state index contributed by atoms with van der Waals surface area (Å²) in [7, 11) is 0. The van der Waals surface area contributed by atoms with E-state index < -0.39 is 4.92 Å². The fraction of sp³-hybridized carbons (Fsp3) is 0.240. The largest absolute Gasteiger partial charge is 0.368 e. The number of nitro benzene ring substituents is 1. The van der Waals surface area contributed by atoms with Crippen LogP contribution >= 0.6 is 23.1 Å². The molecule has 0 bridgehead atoms. The van der Waals surface area contributed by atoms with Crippen LogP contribution in [0.15, 0.2) is 64.8 Å². The Morgan fingerprint density at radius 1 is 1.03 bits per heavy atom. The third-order valence-corrected chi connectivity index (χ3v) is 8.44. The SMILES string of the molecule is Cc1sc2ncnc(Sc3ccccc3C(=O)N3CCN(c4ccc([N+](=O)[O-])cc4)CC3)c2c1C. The van der Waals surface area contributed by atoms with Crippen LogP contribution in [0.3, 0.4) is 0 Å². The zero-order valence-corrected chi connectivity index (χ0v) is 20.9. The first-order valence-corrected chi connectivity index (χ1v) is 12.8. The third kappa shape index (κ3) is 4.59. The molecule has 0 atom stereocenters. The number of aryl methyl sites for hydroxylation is 2. The first kappa shape index (κ1) is 23.3. The van der Waals surface area contributed by atoms with Gasteiger partial charge in [0.05, 0.1) is 10.5 Å². The lowest BCUT2D eigenvalue weighted by molar-refractivity contribution is -0.384. The maximum absolute atomic E-state index is 13.5. The molecule has 1 fully saturated rings. The van der Waals surface area contributed by atoms with Crippen molar-refractivity contribution in [1.82, 2.24) is 14.9 Å². The number of non-ortho nitro benzene ring substituents is 1. The van der Waals surface area contributed by atoms with Gasteiger partial charge in [-0.05, 0) is 43.7 Å². The van der Waals surface area contributed by atoms with E-state index in [1.807, 2.05) is 29.2 Å². The molecular formula is C25H23N5O3S2. The maximum atomic E-state index is 13.5. The Labute approximate surface area is 210 Å². The lowest BCUT2D eigenvalue weighted by Crippen LogP contribution is -2.48. The number of nitro groups is 1. The first-order valence-electron chi connectivity index (χ1n) is 11.2. The van der Waals surface area contributed by atoms with Crippen molar-refractivity contribution in [3.63, 3.8) is 0 Å². The van der Waals surface area contributed by atoms with Crippen LogP contribution in [0.25, 0.3) is 10.2 Å². The summed E-state index contributed by atoms with van der Waals surface area (Å²) in [6.45, 7) is 6.66. The number of carbonyl (C=O) groups is 1. The number of fused-ring (bicyclic) bond motifs is 1. The van der Waals surface area contributed by atoms with Crippen LogP contribution in [0.2, 0.25) is 0 Å². The van der Waals surface area contributed by atoms with Crippen LogP contribution in [0.4, 0.5) is 11.4 Å². The third-order valence-electron chi connectivity index (χ3n) is 6.25. The Morgan fingerprint density at radius 2 is 1.74 bits per heavy atom. The summed E-state index contributed by atoms with van der Waals surface area (Å²) in [6.07, 6.45) is 1.59. The molecule has 0 aliphatic carbocycles. The Hall–Kier alpha value is -3.50. The standard InChI is InChI=1S/C25H23N5O3S2/c1-16-17(2)34-23-22(16)24(27-15-26-23)35-21-6-4-3-5-20(21)25(31)29-13-11-28(12-14-29)18-7-9-19(10-8-18)30(32)33/h3-10,15H,11-14H2,1-2H3. The molecule has 10 heteroatoms. The van der Waals surface area contributed by atoms with Crippen molar-refractivity contribution >= 4 is 50.6 Å². The average Bonchev–Trinajstić information content (AvgIpc) is 3.18. The molecule has 178 valence electrons. The second-order valence-electron chi connectivity index (χ2n) is 8.29. The van der Waals surface area contributed by atoms with E-state index in [0.717, 1.165) is 25.8 Å². The first-order chi connectivity index (χ1) is 16.9. The van der Waals surface area contributed by atoms with Crippen LogP contribution in [0, 0.1) is 24.0 Å². The molecule has 0 saturated carbocycles. The van der Waals surface area contributed by atoms with Crippen molar-refractivity contribution in [2.75, 3.05) is 31.1 Å². The van der Waals surface area contributed by atoms with Gasteiger partial charge < -0.3 is 9.80 Å². The average molecular weight is 506 g/mol. The number of nitrogens with zero attached hydrogens (tertiary/aromatic N) is 5. The van der Waals surface area contributed by atoms with E-state index in [4.69, 9.17) is 0 Å². The summed E-state index contributed by atoms with van der Waals surface area (Å²) in [5.74, 6) is -0.0000272. The predicted octanol–water partition coefficient (Wildman–Crippen LogP) is 5.33. The summed E-state index contributed by atoms with van der Waals surface area (Å²) < 4.78 is 0. The van der Waals surface area contributed by atoms with E-state index in [0.29, 0.717) is 31.7 Å². The second kappa shape index (κ2) is 9.63. The Bertz CT molecular complexity index is 1410. The monoisotopic (exact) mass is 505 g/mol. The molecule has 35 heavy (non-hydrogen) atoms. The molecule has 3 heterocycles. The van der Waals surface area contributed by atoms with Crippen molar-refractivity contribution in [3.05, 3.63) is 81.0 Å². The highest BCUT2D eigenvalue weighted by molar-refractivity contribution is 7.99. The molecule has 1 amide bonds. The highest BCUT2D eigenvalue weighted by atomic mass is 32.2. The van der Waals surface area contributed by atoms with Gasteiger partial charge in [0.15, 0.2) is 0 Å². The molecule has 2 aromatic carbocycles. The normalized spacial score (nSPS) is 13.9. The fourth-order valence-electron chi connectivity index (χ4n) is 4.19. The number of aromatic nitrogens is 2. The minimum absolute atomic E-state index is 0.0000272. The fourth-order valence-corrected chi connectivity index (χ4v) is 6.32. The van der Waals surface area contributed by atoms with Gasteiger partial charge in [-0.1, -0.05) is 23.9 Å². The van der Waals surface area contributed by atoms with Crippen molar-refractivity contribution in [2.24, 2.45) is 0 Å². The lowest BCUT2D eigenvalue weighted by atomic mass is 10.1. The molecular weight excluding hydrogens is 482 g/mol. The predicted molar refractivity (Wildman–Crippen MR) is 139 cm³/mol. The quantitative estimate of drug-likeness (QED) is 0.206. The van der Waals surface area contributed by atoms with E-state index in [-0.39, 0.29) is 11.6 Å². The van der Waals surface area contributed by atoms with Gasteiger partial charge in [0, 0.05) is 59.2 Å². The number of carbonyl (C=O) groups excluding carboxylic acids is 1. The number of amides is 1. The van der Waals surface area contributed by atoms with Crippen LogP contribution < -0.4 is 4.90 Å². The van der Waals surface area contributed by atoms with Gasteiger partial charge in [-0.2, -0.15) is 0 Å². The highest BCUT2D eigenvalue weighted by Crippen LogP contribution is 2.38. The van der Waals surface area contributed by atoms with E-state index in [1.54, 1.807) is 29.8 Å². The summed E-state index contributed by atoms with van der Waals surface area (Å²) in [5.41, 5.74) is 2.84. The van der Waals surface area contributed by atoms with Gasteiger partial charge in [0.1, 0.15) is 16.2 Å². The number of hydrogen-bond donors (Lipinski definition) is 0. The van der Waals surface area contributed by atoms with Crippen LogP contribution in [0.5, 0.6) is 0 Å². The molecule has 0 spiro atoms. The zero-order valence-electron chi connectivity index (χ0n) is 19.3. The molecule has 1 aliphatic rings. The molecule has 0 unspecified atom stereocenters. The van der Waals surface area contributed by atoms with Crippen LogP contribution in [-0.2, 0) is 0 Å². The van der Waals surface area contributed by atoms with Gasteiger partial charge in [-0.25, -0.2) is 9.97 Å². The topological polar surface area (TPSA) is 92.5 Å². The van der Waals surface area contributed by atoms with E-state index in [2.05, 4.69) is 28.7 Å². The summed E-state index contributed by atoms with van der Waals surface area (Å²) in [6, 6.07) is 14.2. The van der Waals surface area contributed by atoms with Crippen molar-refractivity contribution in [3.8, 4) is 0 Å². The van der Waals surface area contributed by atoms with Gasteiger partial charge in [0.2, 0.25) is 0 Å². The number of hydrogen-bond acceptors (Lipinski definition) is 8. The Morgan fingerprint density at radius 3 is 2.46 bits per heavy atom. The molecule has 1 saturated heterocycles. The maximum Gasteiger partial charge on any atom is 0.269 e. The van der Waals surface area contributed by atoms with Gasteiger partial charge in [-0.15, -0.1) is 11.3 Å². The zero-order chi connectivity index (χ0) is 24.5. The van der Waals surface area contributed by atoms with Gasteiger partial charge in [-0.3, -0.25) is 14.9 Å². The molecule has 8 nitrogen and oxygen atoms in total. The summed E-state index contributed by atoms with van der Waals surface area (Å²) >= 11 is 3.17. The number of rotatable bonds is 5. The molecule has 0 N–H and O–H groups in total. The van der Waals surface area contributed by atoms with Crippen molar-refractivity contribution in [2.45, 2.75) is 23.8 Å². The van der Waals surface area contributed by atoms with Crippen LogP contribution in [0.1, 0.15) is 20.8 Å². The minimum atomic E-state index is -0.400. The molecule has 5 rings (SSSR count). The molecule has 0 radical (unpaired) electrons. The van der Waals surface area contributed by atoms with Crippen molar-refractivity contribution in [1.29, 1.82) is 0 Å². The number of anilines is 1. The summed E-state index contributed by atoms with van der Waals surface area (Å²) in [5, 5.41) is 12.8. The molecule has 1 aliphatic heterocycles. The van der Waals surface area contributed by atoms with Crippen molar-refractivity contribution < 1.29 is 9.72 Å². The second-order valence-corrected chi connectivity index (χ2v) is 10.5. The Kier molecular flexibility index (Phi) is 6.40. The Balaban J connectivity index is 1.32. The van der Waals surface area contributed by atoms with E-state index in [1.165, 1.54) is 34.3 Å². The highest BCUT2D eigenvalue weighted by Gasteiger charge is 2.25. The minimum Gasteiger partial charge on any atom is -0.368 e. The van der Waals surface area contributed by atoms with Crippen LogP contribution in [-0.4, -0.2) is 51.9 Å². The summed E-state index contributed by atoms with van der Waals surface area (Å²) in [4.78, 5) is 40.0. The molecule has 2 aromatic heterocycles. The number of benzene rings is 2.